The fourth-order valence-electron chi connectivity index (χ4n) is 6.28. The molecule has 2 aliphatic heterocycles. The second-order valence-corrected chi connectivity index (χ2v) is 10.6. The van der Waals surface area contributed by atoms with Crippen LogP contribution in [0.25, 0.3) is 10.9 Å². The summed E-state index contributed by atoms with van der Waals surface area (Å²) in [6.07, 6.45) is 5.66. The van der Waals surface area contributed by atoms with Gasteiger partial charge in [-0.2, -0.15) is 0 Å². The molecule has 0 saturated carbocycles. The van der Waals surface area contributed by atoms with E-state index in [4.69, 9.17) is 4.74 Å². The lowest BCUT2D eigenvalue weighted by Gasteiger charge is -2.50. The molecule has 36 heavy (non-hydrogen) atoms. The fraction of sp³-hybridized carbons (Fsp3) is 0.500. The minimum atomic E-state index is -0.366. The van der Waals surface area contributed by atoms with Crippen molar-refractivity contribution in [3.05, 3.63) is 59.5 Å². The summed E-state index contributed by atoms with van der Waals surface area (Å²) >= 11 is 0. The van der Waals surface area contributed by atoms with Crippen LogP contribution in [0.1, 0.15) is 35.7 Å². The van der Waals surface area contributed by atoms with Gasteiger partial charge in [0.25, 0.3) is 0 Å². The van der Waals surface area contributed by atoms with Crippen LogP contribution in [0.4, 0.5) is 0 Å². The third-order valence-corrected chi connectivity index (χ3v) is 8.04. The summed E-state index contributed by atoms with van der Waals surface area (Å²) in [4.78, 5) is 24.1. The Kier molecular flexibility index (Phi) is 6.76. The Morgan fingerprint density at radius 3 is 2.67 bits per heavy atom. The predicted molar refractivity (Wildman–Crippen MR) is 140 cm³/mol. The summed E-state index contributed by atoms with van der Waals surface area (Å²) in [5.74, 6) is 0.867. The maximum absolute atomic E-state index is 13.5. The van der Waals surface area contributed by atoms with E-state index in [-0.39, 0.29) is 24.0 Å². The number of aliphatic hydroxyl groups is 1. The molecule has 1 saturated heterocycles. The highest BCUT2D eigenvalue weighted by atomic mass is 16.5. The number of ether oxygens (including phenoxy) is 1. The second-order valence-electron chi connectivity index (χ2n) is 10.6. The molecule has 2 aromatic heterocycles. The number of aliphatic hydroxyl groups excluding tert-OH is 1. The first-order valence-electron chi connectivity index (χ1n) is 12.7. The number of likely N-dealkylation sites (N-methyl/N-ethyl adjacent to an activating group) is 1. The Balaban J connectivity index is 1.57. The van der Waals surface area contributed by atoms with Crippen LogP contribution < -0.4 is 4.74 Å². The lowest BCUT2D eigenvalue weighted by atomic mass is 9.68. The number of likely N-dealkylation sites (tertiary alicyclic amines) is 1. The number of benzene rings is 1. The van der Waals surface area contributed by atoms with Crippen LogP contribution in [0.3, 0.4) is 0 Å². The van der Waals surface area contributed by atoms with Crippen molar-refractivity contribution in [2.75, 3.05) is 54.0 Å². The molecule has 1 spiro atoms. The maximum atomic E-state index is 13.5. The van der Waals surface area contributed by atoms with E-state index in [1.165, 1.54) is 16.5 Å². The Morgan fingerprint density at radius 1 is 1.25 bits per heavy atom. The zero-order valence-electron chi connectivity index (χ0n) is 21.8. The number of amides is 1. The Morgan fingerprint density at radius 2 is 2.03 bits per heavy atom. The van der Waals surface area contributed by atoms with Gasteiger partial charge >= 0.3 is 0 Å². The molecule has 1 atom stereocenters. The molecule has 1 aromatic carbocycles. The number of rotatable bonds is 6. The van der Waals surface area contributed by atoms with E-state index in [1.807, 2.05) is 48.4 Å². The van der Waals surface area contributed by atoms with Crippen molar-refractivity contribution in [1.82, 2.24) is 24.3 Å². The predicted octanol–water partition coefficient (Wildman–Crippen LogP) is 2.55. The van der Waals surface area contributed by atoms with Crippen LogP contribution in [0.15, 0.2) is 42.7 Å². The smallest absolute Gasteiger partial charge is 0.237 e. The molecule has 8 nitrogen and oxygen atoms in total. The lowest BCUT2D eigenvalue weighted by molar-refractivity contribution is -0.138. The van der Waals surface area contributed by atoms with E-state index in [1.54, 1.807) is 7.11 Å². The van der Waals surface area contributed by atoms with Crippen molar-refractivity contribution in [1.29, 1.82) is 0 Å². The van der Waals surface area contributed by atoms with Crippen molar-refractivity contribution < 1.29 is 14.6 Å². The number of carbonyl (C=O) groups is 1. The van der Waals surface area contributed by atoms with Crippen LogP contribution in [-0.2, 0) is 23.8 Å². The quantitative estimate of drug-likeness (QED) is 0.571. The summed E-state index contributed by atoms with van der Waals surface area (Å²) in [7, 11) is 7.56. The molecule has 1 amide bonds. The van der Waals surface area contributed by atoms with E-state index in [2.05, 4.69) is 39.7 Å². The van der Waals surface area contributed by atoms with Crippen LogP contribution >= 0.6 is 0 Å². The first-order chi connectivity index (χ1) is 17.4. The minimum Gasteiger partial charge on any atom is -0.497 e. The maximum Gasteiger partial charge on any atom is 0.237 e. The SMILES string of the molecule is COc1ccc2c3c(n(C)c2c1)[C@H](CO)N(C(=O)CN(C)C)CC31CCN(Cc2cccnc2)CC1. The van der Waals surface area contributed by atoms with Crippen molar-refractivity contribution in [3.63, 3.8) is 0 Å². The lowest BCUT2D eigenvalue weighted by Crippen LogP contribution is -2.56. The molecule has 2 aliphatic rings. The topological polar surface area (TPSA) is 74.1 Å². The Bertz CT molecular complexity index is 1230. The summed E-state index contributed by atoms with van der Waals surface area (Å²) < 4.78 is 7.70. The molecular weight excluding hydrogens is 454 g/mol. The average Bonchev–Trinajstić information content (AvgIpc) is 3.18. The second kappa shape index (κ2) is 9.84. The van der Waals surface area contributed by atoms with Crippen molar-refractivity contribution in [2.45, 2.75) is 30.8 Å². The van der Waals surface area contributed by atoms with Gasteiger partial charge in [0.1, 0.15) is 5.75 Å². The molecular formula is C28H37N5O3. The molecule has 8 heteroatoms. The third kappa shape index (κ3) is 4.27. The highest BCUT2D eigenvalue weighted by Gasteiger charge is 2.49. The average molecular weight is 492 g/mol. The van der Waals surface area contributed by atoms with Gasteiger partial charge < -0.3 is 24.2 Å². The summed E-state index contributed by atoms with van der Waals surface area (Å²) in [5, 5.41) is 11.8. The van der Waals surface area contributed by atoms with E-state index in [0.29, 0.717) is 13.1 Å². The molecule has 5 rings (SSSR count). The number of pyridine rings is 1. The molecule has 0 bridgehead atoms. The van der Waals surface area contributed by atoms with Crippen LogP contribution in [0, 0.1) is 0 Å². The summed E-state index contributed by atoms with van der Waals surface area (Å²) in [5.41, 5.74) is 4.49. The van der Waals surface area contributed by atoms with Gasteiger partial charge in [-0.05, 0) is 69.4 Å². The van der Waals surface area contributed by atoms with Gasteiger partial charge in [0.15, 0.2) is 0 Å². The number of hydrogen-bond donors (Lipinski definition) is 1. The number of fused-ring (bicyclic) bond motifs is 4. The van der Waals surface area contributed by atoms with Crippen LogP contribution in [0.2, 0.25) is 0 Å². The van der Waals surface area contributed by atoms with E-state index in [0.717, 1.165) is 49.4 Å². The van der Waals surface area contributed by atoms with Gasteiger partial charge in [-0.1, -0.05) is 6.07 Å². The largest absolute Gasteiger partial charge is 0.497 e. The van der Waals surface area contributed by atoms with Gasteiger partial charge in [-0.3, -0.25) is 14.7 Å². The molecule has 0 unspecified atom stereocenters. The van der Waals surface area contributed by atoms with Crippen molar-refractivity contribution in [2.24, 2.45) is 7.05 Å². The zero-order valence-corrected chi connectivity index (χ0v) is 21.8. The highest BCUT2D eigenvalue weighted by molar-refractivity contribution is 5.90. The molecule has 3 aromatic rings. The van der Waals surface area contributed by atoms with Gasteiger partial charge in [-0.15, -0.1) is 0 Å². The van der Waals surface area contributed by atoms with Gasteiger partial charge in [0.05, 0.1) is 31.8 Å². The fourth-order valence-corrected chi connectivity index (χ4v) is 6.28. The number of hydrogen-bond acceptors (Lipinski definition) is 6. The van der Waals surface area contributed by atoms with Gasteiger partial charge in [0.2, 0.25) is 5.91 Å². The number of aromatic nitrogens is 2. The van der Waals surface area contributed by atoms with Gasteiger partial charge in [-0.25, -0.2) is 0 Å². The van der Waals surface area contributed by atoms with Crippen LogP contribution in [0.5, 0.6) is 5.75 Å². The Labute approximate surface area is 213 Å². The number of methoxy groups -OCH3 is 1. The van der Waals surface area contributed by atoms with E-state index >= 15 is 0 Å². The van der Waals surface area contributed by atoms with Crippen molar-refractivity contribution in [3.8, 4) is 5.75 Å². The van der Waals surface area contributed by atoms with Gasteiger partial charge in [0, 0.05) is 55.1 Å². The zero-order chi connectivity index (χ0) is 25.4. The monoisotopic (exact) mass is 491 g/mol. The molecule has 4 heterocycles. The Hall–Kier alpha value is -2.94. The minimum absolute atomic E-state index is 0.0599. The molecule has 192 valence electrons. The van der Waals surface area contributed by atoms with Crippen LogP contribution in [-0.4, -0.2) is 89.3 Å². The normalized spacial score (nSPS) is 19.7. The third-order valence-electron chi connectivity index (χ3n) is 8.04. The number of aryl methyl sites for hydroxylation is 1. The van der Waals surface area contributed by atoms with E-state index < -0.39 is 0 Å². The summed E-state index contributed by atoms with van der Waals surface area (Å²) in [6, 6.07) is 9.99. The molecule has 0 radical (unpaired) electrons. The number of carbonyl (C=O) groups excluding carboxylic acids is 1. The first kappa shape index (κ1) is 24.7. The molecule has 1 N–H and O–H groups in total. The molecule has 1 fully saturated rings. The number of nitrogens with zero attached hydrogens (tertiary/aromatic N) is 5. The summed E-state index contributed by atoms with van der Waals surface area (Å²) in [6.45, 7) is 3.63. The van der Waals surface area contributed by atoms with E-state index in [9.17, 15) is 9.90 Å². The van der Waals surface area contributed by atoms with Crippen molar-refractivity contribution >= 4 is 16.8 Å². The standard InChI is InChI=1S/C28H37N5O3/c1-30(2)17-25(35)33-19-28(9-12-32(13-10-28)16-20-6-5-11-29-15-20)26-22-8-7-21(36-4)14-23(22)31(3)27(26)24(33)18-34/h5-8,11,14-15,24,34H,9-10,12-13,16-19H2,1-4H3/t24-/m0/s1. The molecule has 0 aliphatic carbocycles. The highest BCUT2D eigenvalue weighted by Crippen LogP contribution is 2.50. The number of piperidine rings is 1. The first-order valence-corrected chi connectivity index (χ1v) is 12.7.